The van der Waals surface area contributed by atoms with Gasteiger partial charge in [0.2, 0.25) is 0 Å². The van der Waals surface area contributed by atoms with E-state index >= 15 is 0 Å². The lowest BCUT2D eigenvalue weighted by molar-refractivity contribution is -0.137. The fourth-order valence-electron chi connectivity index (χ4n) is 2.54. The van der Waals surface area contributed by atoms with Crippen LogP contribution >= 0.6 is 0 Å². The SMILES string of the molecule is CC(O)CN(C)C(=O)N1CCCCC1CCC(=O)O. The van der Waals surface area contributed by atoms with Crippen LogP contribution in [0.4, 0.5) is 4.79 Å². The number of nitrogens with zero attached hydrogens (tertiary/aromatic N) is 2. The molecule has 0 aromatic carbocycles. The topological polar surface area (TPSA) is 81.1 Å². The van der Waals surface area contributed by atoms with Crippen molar-refractivity contribution < 1.29 is 19.8 Å². The van der Waals surface area contributed by atoms with E-state index in [1.165, 1.54) is 4.90 Å². The van der Waals surface area contributed by atoms with Crippen molar-refractivity contribution in [1.82, 2.24) is 9.80 Å². The zero-order valence-electron chi connectivity index (χ0n) is 11.7. The van der Waals surface area contributed by atoms with E-state index in [2.05, 4.69) is 0 Å². The lowest BCUT2D eigenvalue weighted by atomic mass is 9.98. The molecule has 0 spiro atoms. The molecule has 0 bridgehead atoms. The van der Waals surface area contributed by atoms with Crippen LogP contribution in [-0.2, 0) is 4.79 Å². The van der Waals surface area contributed by atoms with Crippen LogP contribution in [-0.4, -0.2) is 64.3 Å². The van der Waals surface area contributed by atoms with Crippen molar-refractivity contribution in [3.05, 3.63) is 0 Å². The third-order valence-corrected chi connectivity index (χ3v) is 3.43. The molecule has 0 radical (unpaired) electrons. The Bertz CT molecular complexity index is 320. The highest BCUT2D eigenvalue weighted by Gasteiger charge is 2.29. The van der Waals surface area contributed by atoms with Crippen molar-refractivity contribution >= 4 is 12.0 Å². The Labute approximate surface area is 114 Å². The van der Waals surface area contributed by atoms with E-state index in [9.17, 15) is 14.7 Å². The number of carboxylic acid groups (broad SMARTS) is 1. The number of hydrogen-bond donors (Lipinski definition) is 2. The number of carbonyl (C=O) groups excluding carboxylic acids is 1. The summed E-state index contributed by atoms with van der Waals surface area (Å²) in [4.78, 5) is 26.2. The number of likely N-dealkylation sites (tertiary alicyclic amines) is 1. The highest BCUT2D eigenvalue weighted by molar-refractivity contribution is 5.75. The van der Waals surface area contributed by atoms with Gasteiger partial charge >= 0.3 is 12.0 Å². The van der Waals surface area contributed by atoms with Crippen molar-refractivity contribution in [1.29, 1.82) is 0 Å². The van der Waals surface area contributed by atoms with Gasteiger partial charge in [-0.15, -0.1) is 0 Å². The molecule has 0 saturated carbocycles. The normalized spacial score (nSPS) is 21.0. The number of urea groups is 1. The maximum Gasteiger partial charge on any atom is 0.320 e. The molecule has 6 nitrogen and oxygen atoms in total. The number of aliphatic carboxylic acids is 1. The fourth-order valence-corrected chi connectivity index (χ4v) is 2.54. The Morgan fingerprint density at radius 2 is 2.11 bits per heavy atom. The molecule has 1 aliphatic rings. The number of likely N-dealkylation sites (N-methyl/N-ethyl adjacent to an activating group) is 1. The lowest BCUT2D eigenvalue weighted by Gasteiger charge is -2.38. The van der Waals surface area contributed by atoms with Gasteiger partial charge in [0.15, 0.2) is 0 Å². The van der Waals surface area contributed by atoms with Crippen molar-refractivity contribution in [3.63, 3.8) is 0 Å². The second-order valence-electron chi connectivity index (χ2n) is 5.29. The van der Waals surface area contributed by atoms with Crippen molar-refractivity contribution in [2.75, 3.05) is 20.1 Å². The molecule has 1 saturated heterocycles. The van der Waals surface area contributed by atoms with Gasteiger partial charge in [-0.05, 0) is 32.6 Å². The van der Waals surface area contributed by atoms with Crippen LogP contribution in [0, 0.1) is 0 Å². The number of aliphatic hydroxyl groups excluding tert-OH is 1. The van der Waals surface area contributed by atoms with Crippen LogP contribution in [0.5, 0.6) is 0 Å². The molecule has 1 aliphatic heterocycles. The molecule has 2 atom stereocenters. The predicted octanol–water partition coefficient (Wildman–Crippen LogP) is 1.14. The van der Waals surface area contributed by atoms with Crippen LogP contribution in [0.15, 0.2) is 0 Å². The monoisotopic (exact) mass is 272 g/mol. The van der Waals surface area contributed by atoms with E-state index in [-0.39, 0.29) is 18.5 Å². The maximum atomic E-state index is 12.3. The molecule has 0 aromatic rings. The molecule has 110 valence electrons. The summed E-state index contributed by atoms with van der Waals surface area (Å²) in [6.07, 6.45) is 2.89. The maximum absolute atomic E-state index is 12.3. The van der Waals surface area contributed by atoms with Gasteiger partial charge in [0.05, 0.1) is 6.10 Å². The highest BCUT2D eigenvalue weighted by Crippen LogP contribution is 2.22. The summed E-state index contributed by atoms with van der Waals surface area (Å²) < 4.78 is 0. The average Bonchev–Trinajstić information content (AvgIpc) is 2.35. The molecule has 2 unspecified atom stereocenters. The molecule has 1 rings (SSSR count). The zero-order chi connectivity index (χ0) is 14.4. The van der Waals surface area contributed by atoms with E-state index in [1.807, 2.05) is 0 Å². The predicted molar refractivity (Wildman–Crippen MR) is 70.9 cm³/mol. The van der Waals surface area contributed by atoms with Crippen LogP contribution in [0.3, 0.4) is 0 Å². The van der Waals surface area contributed by atoms with Gasteiger partial charge in [0.1, 0.15) is 0 Å². The smallest absolute Gasteiger partial charge is 0.320 e. The summed E-state index contributed by atoms with van der Waals surface area (Å²) in [5.41, 5.74) is 0. The Morgan fingerprint density at radius 3 is 2.68 bits per heavy atom. The van der Waals surface area contributed by atoms with E-state index < -0.39 is 12.1 Å². The molecule has 2 amide bonds. The van der Waals surface area contributed by atoms with Gasteiger partial charge < -0.3 is 20.0 Å². The minimum atomic E-state index is -0.824. The minimum Gasteiger partial charge on any atom is -0.481 e. The molecule has 19 heavy (non-hydrogen) atoms. The number of rotatable bonds is 5. The molecule has 0 aliphatic carbocycles. The van der Waals surface area contributed by atoms with Gasteiger partial charge in [-0.2, -0.15) is 0 Å². The summed E-state index contributed by atoms with van der Waals surface area (Å²) in [5.74, 6) is -0.824. The zero-order valence-corrected chi connectivity index (χ0v) is 11.7. The van der Waals surface area contributed by atoms with E-state index in [0.29, 0.717) is 19.5 Å². The standard InChI is InChI=1S/C13H24N2O4/c1-10(16)9-14(2)13(19)15-8-4-3-5-11(15)6-7-12(17)18/h10-11,16H,3-9H2,1-2H3,(H,17,18). The van der Waals surface area contributed by atoms with Crippen molar-refractivity contribution in [3.8, 4) is 0 Å². The Balaban J connectivity index is 2.59. The third-order valence-electron chi connectivity index (χ3n) is 3.43. The average molecular weight is 272 g/mol. The Morgan fingerprint density at radius 1 is 1.42 bits per heavy atom. The molecule has 0 aromatic heterocycles. The molecule has 2 N–H and O–H groups in total. The molecule has 1 heterocycles. The van der Waals surface area contributed by atoms with Crippen LogP contribution in [0.1, 0.15) is 39.0 Å². The minimum absolute atomic E-state index is 0.00815. The quantitative estimate of drug-likeness (QED) is 0.786. The first-order chi connectivity index (χ1) is 8.91. The summed E-state index contributed by atoms with van der Waals surface area (Å²) in [6.45, 7) is 2.61. The summed E-state index contributed by atoms with van der Waals surface area (Å²) in [6, 6.07) is -0.107. The Hall–Kier alpha value is -1.30. The van der Waals surface area contributed by atoms with Crippen LogP contribution in [0.2, 0.25) is 0 Å². The Kier molecular flexibility index (Phi) is 6.08. The van der Waals surface area contributed by atoms with Gasteiger partial charge in [-0.1, -0.05) is 0 Å². The number of hydrogen-bond acceptors (Lipinski definition) is 3. The van der Waals surface area contributed by atoms with Crippen LogP contribution < -0.4 is 0 Å². The first kappa shape index (κ1) is 15.8. The van der Waals surface area contributed by atoms with Gasteiger partial charge in [-0.25, -0.2) is 4.79 Å². The second-order valence-corrected chi connectivity index (χ2v) is 5.29. The molecule has 6 heteroatoms. The number of aliphatic hydroxyl groups is 1. The van der Waals surface area contributed by atoms with Crippen LogP contribution in [0.25, 0.3) is 0 Å². The number of amides is 2. The number of piperidine rings is 1. The van der Waals surface area contributed by atoms with E-state index in [1.54, 1.807) is 18.9 Å². The molecular weight excluding hydrogens is 248 g/mol. The van der Waals surface area contributed by atoms with E-state index in [0.717, 1.165) is 19.3 Å². The van der Waals surface area contributed by atoms with Gasteiger partial charge in [0, 0.05) is 32.6 Å². The number of carboxylic acids is 1. The summed E-state index contributed by atoms with van der Waals surface area (Å²) in [7, 11) is 1.66. The highest BCUT2D eigenvalue weighted by atomic mass is 16.4. The first-order valence-corrected chi connectivity index (χ1v) is 6.83. The second kappa shape index (κ2) is 7.33. The molecule has 1 fully saturated rings. The van der Waals surface area contributed by atoms with Gasteiger partial charge in [-0.3, -0.25) is 4.79 Å². The largest absolute Gasteiger partial charge is 0.481 e. The van der Waals surface area contributed by atoms with Crippen molar-refractivity contribution in [2.24, 2.45) is 0 Å². The summed E-state index contributed by atoms with van der Waals surface area (Å²) in [5, 5.41) is 18.1. The molecular formula is C13H24N2O4. The number of carbonyl (C=O) groups is 2. The van der Waals surface area contributed by atoms with E-state index in [4.69, 9.17) is 5.11 Å². The lowest BCUT2D eigenvalue weighted by Crippen LogP contribution is -2.50. The van der Waals surface area contributed by atoms with Gasteiger partial charge in [0.25, 0.3) is 0 Å². The summed E-state index contributed by atoms with van der Waals surface area (Å²) >= 11 is 0. The van der Waals surface area contributed by atoms with Crippen molar-refractivity contribution in [2.45, 2.75) is 51.2 Å². The third kappa shape index (κ3) is 5.06. The first-order valence-electron chi connectivity index (χ1n) is 6.83. The fraction of sp³-hybridized carbons (Fsp3) is 0.846.